The highest BCUT2D eigenvalue weighted by atomic mass is 35.5. The topological polar surface area (TPSA) is 52.0 Å². The van der Waals surface area contributed by atoms with Gasteiger partial charge < -0.3 is 4.79 Å². The van der Waals surface area contributed by atoms with E-state index < -0.39 is 0 Å². The zero-order valence-electron chi connectivity index (χ0n) is 6.86. The number of halogens is 1. The van der Waals surface area contributed by atoms with Gasteiger partial charge in [0.25, 0.3) is 5.56 Å². The third-order valence-electron chi connectivity index (χ3n) is 1.38. The number of rotatable bonds is 3. The summed E-state index contributed by atoms with van der Waals surface area (Å²) in [4.78, 5) is 25.4. The van der Waals surface area contributed by atoms with Crippen molar-refractivity contribution < 1.29 is 4.79 Å². The van der Waals surface area contributed by atoms with Crippen LogP contribution in [0.3, 0.4) is 0 Å². The largest absolute Gasteiger partial charge is 0.301 e. The van der Waals surface area contributed by atoms with E-state index in [9.17, 15) is 9.59 Å². The van der Waals surface area contributed by atoms with Crippen LogP contribution in [0.5, 0.6) is 0 Å². The minimum absolute atomic E-state index is 0.0131. The molecule has 0 spiro atoms. The van der Waals surface area contributed by atoms with Gasteiger partial charge in [-0.25, -0.2) is 4.98 Å². The van der Waals surface area contributed by atoms with Gasteiger partial charge in [0.15, 0.2) is 5.16 Å². The predicted octanol–water partition coefficient (Wildman–Crippen LogP) is 0.817. The van der Waals surface area contributed by atoms with Gasteiger partial charge in [-0.05, 0) is 6.26 Å². The monoisotopic (exact) mass is 218 g/mol. The van der Waals surface area contributed by atoms with Crippen molar-refractivity contribution in [1.29, 1.82) is 0 Å². The number of nitrogens with zero attached hydrogens (tertiary/aromatic N) is 2. The second-order valence-electron chi connectivity index (χ2n) is 2.18. The highest BCUT2D eigenvalue weighted by molar-refractivity contribution is 7.98. The molecule has 1 rings (SSSR count). The van der Waals surface area contributed by atoms with E-state index in [2.05, 4.69) is 4.98 Å². The molecule has 0 aliphatic carbocycles. The predicted molar refractivity (Wildman–Crippen MR) is 51.4 cm³/mol. The Bertz CT molecular complexity index is 377. The first kappa shape index (κ1) is 10.3. The van der Waals surface area contributed by atoms with Crippen LogP contribution in [0, 0.1) is 0 Å². The Hall–Kier alpha value is -0.810. The lowest BCUT2D eigenvalue weighted by molar-refractivity contribution is -0.108. The Balaban J connectivity index is 3.29. The number of hydrogen-bond acceptors (Lipinski definition) is 4. The molecule has 0 aliphatic rings. The third kappa shape index (κ3) is 2.32. The van der Waals surface area contributed by atoms with Crippen molar-refractivity contribution in [3.63, 3.8) is 0 Å². The van der Waals surface area contributed by atoms with Gasteiger partial charge in [0.2, 0.25) is 0 Å². The first-order chi connectivity index (χ1) is 6.19. The molecule has 1 heterocycles. The summed E-state index contributed by atoms with van der Waals surface area (Å²) in [6, 6.07) is 1.19. The van der Waals surface area contributed by atoms with Gasteiger partial charge in [0.1, 0.15) is 11.4 Å². The summed E-state index contributed by atoms with van der Waals surface area (Å²) in [5.41, 5.74) is -0.309. The number of thioether (sulfide) groups is 1. The van der Waals surface area contributed by atoms with E-state index in [1.165, 1.54) is 22.4 Å². The smallest absolute Gasteiger partial charge is 0.256 e. The number of carbonyl (C=O) groups is 1. The second kappa shape index (κ2) is 4.43. The molecule has 70 valence electrons. The fraction of sp³-hybridized carbons (Fsp3) is 0.286. The molecule has 0 bridgehead atoms. The first-order valence-corrected chi connectivity index (χ1v) is 5.04. The van der Waals surface area contributed by atoms with Gasteiger partial charge >= 0.3 is 0 Å². The van der Waals surface area contributed by atoms with Crippen molar-refractivity contribution in [2.45, 2.75) is 11.7 Å². The summed E-state index contributed by atoms with van der Waals surface area (Å²) in [6.45, 7) is 0.0131. The normalized spacial score (nSPS) is 10.0. The van der Waals surface area contributed by atoms with Crippen LogP contribution in [0.4, 0.5) is 0 Å². The van der Waals surface area contributed by atoms with Crippen molar-refractivity contribution >= 4 is 29.6 Å². The molecule has 0 saturated heterocycles. The molecule has 13 heavy (non-hydrogen) atoms. The van der Waals surface area contributed by atoms with Gasteiger partial charge in [-0.2, -0.15) is 0 Å². The lowest BCUT2D eigenvalue weighted by Crippen LogP contribution is -2.22. The summed E-state index contributed by atoms with van der Waals surface area (Å²) < 4.78 is 1.27. The number of carbonyl (C=O) groups excluding carboxylic acids is 1. The van der Waals surface area contributed by atoms with E-state index in [-0.39, 0.29) is 17.3 Å². The maximum absolute atomic E-state index is 11.3. The molecule has 1 aromatic rings. The Morgan fingerprint density at radius 2 is 2.46 bits per heavy atom. The molecule has 0 unspecified atom stereocenters. The summed E-state index contributed by atoms with van der Waals surface area (Å²) in [5, 5.41) is 0.598. The van der Waals surface area contributed by atoms with Crippen molar-refractivity contribution in [2.75, 3.05) is 6.26 Å². The number of hydrogen-bond donors (Lipinski definition) is 0. The molecular formula is C7H7ClN2O2S. The van der Waals surface area contributed by atoms with Crippen molar-refractivity contribution in [3.8, 4) is 0 Å². The Morgan fingerprint density at radius 1 is 1.77 bits per heavy atom. The van der Waals surface area contributed by atoms with Crippen LogP contribution in [-0.4, -0.2) is 22.1 Å². The minimum Gasteiger partial charge on any atom is -0.301 e. The van der Waals surface area contributed by atoms with E-state index in [0.717, 1.165) is 0 Å². The Morgan fingerprint density at radius 3 is 3.00 bits per heavy atom. The molecule has 0 radical (unpaired) electrons. The van der Waals surface area contributed by atoms with E-state index in [0.29, 0.717) is 11.4 Å². The highest BCUT2D eigenvalue weighted by Crippen LogP contribution is 2.11. The SMILES string of the molecule is CSc1nc(Cl)cc(=O)n1CC=O. The van der Waals surface area contributed by atoms with E-state index in [4.69, 9.17) is 11.6 Å². The van der Waals surface area contributed by atoms with Crippen LogP contribution < -0.4 is 5.56 Å². The molecule has 0 amide bonds. The molecule has 0 atom stereocenters. The van der Waals surface area contributed by atoms with Crippen molar-refractivity contribution in [3.05, 3.63) is 21.6 Å². The zero-order chi connectivity index (χ0) is 9.84. The third-order valence-corrected chi connectivity index (χ3v) is 2.25. The maximum Gasteiger partial charge on any atom is 0.256 e. The van der Waals surface area contributed by atoms with Gasteiger partial charge in [-0.1, -0.05) is 23.4 Å². The molecule has 0 fully saturated rings. The van der Waals surface area contributed by atoms with Gasteiger partial charge in [-0.3, -0.25) is 9.36 Å². The summed E-state index contributed by atoms with van der Waals surface area (Å²) >= 11 is 6.85. The lowest BCUT2D eigenvalue weighted by Gasteiger charge is -2.05. The Labute approximate surface area is 83.9 Å². The first-order valence-electron chi connectivity index (χ1n) is 3.44. The van der Waals surface area contributed by atoms with Crippen molar-refractivity contribution in [1.82, 2.24) is 9.55 Å². The van der Waals surface area contributed by atoms with Gasteiger partial charge in [-0.15, -0.1) is 0 Å². The van der Waals surface area contributed by atoms with Crippen LogP contribution in [0.15, 0.2) is 16.0 Å². The average molecular weight is 219 g/mol. The van der Waals surface area contributed by atoms with Crippen LogP contribution in [0.1, 0.15) is 0 Å². The number of aromatic nitrogens is 2. The van der Waals surface area contributed by atoms with Crippen LogP contribution in [-0.2, 0) is 11.3 Å². The molecule has 0 aliphatic heterocycles. The molecule has 6 heteroatoms. The van der Waals surface area contributed by atoms with Crippen LogP contribution in [0.25, 0.3) is 0 Å². The molecule has 4 nitrogen and oxygen atoms in total. The fourth-order valence-electron chi connectivity index (χ4n) is 0.857. The summed E-state index contributed by atoms with van der Waals surface area (Å²) in [5.74, 6) is 0. The molecular weight excluding hydrogens is 212 g/mol. The summed E-state index contributed by atoms with van der Waals surface area (Å²) in [7, 11) is 0. The molecule has 0 aromatic carbocycles. The van der Waals surface area contributed by atoms with Gasteiger partial charge in [0, 0.05) is 6.07 Å². The molecule has 1 aromatic heterocycles. The lowest BCUT2D eigenvalue weighted by atomic mass is 10.6. The second-order valence-corrected chi connectivity index (χ2v) is 3.34. The average Bonchev–Trinajstić information content (AvgIpc) is 2.09. The maximum atomic E-state index is 11.3. The standard InChI is InChI=1S/C7H7ClN2O2S/c1-13-7-9-5(8)4-6(12)10(7)2-3-11/h3-4H,2H2,1H3. The van der Waals surface area contributed by atoms with Gasteiger partial charge in [0.05, 0.1) is 6.54 Å². The number of aldehydes is 1. The van der Waals surface area contributed by atoms with E-state index in [1.54, 1.807) is 6.26 Å². The summed E-state index contributed by atoms with van der Waals surface area (Å²) in [6.07, 6.45) is 2.41. The van der Waals surface area contributed by atoms with Crippen molar-refractivity contribution in [2.24, 2.45) is 0 Å². The Kier molecular flexibility index (Phi) is 3.50. The fourth-order valence-corrected chi connectivity index (χ4v) is 1.65. The van der Waals surface area contributed by atoms with Crippen LogP contribution >= 0.6 is 23.4 Å². The van der Waals surface area contributed by atoms with E-state index in [1.807, 2.05) is 0 Å². The molecule has 0 N–H and O–H groups in total. The van der Waals surface area contributed by atoms with Crippen LogP contribution in [0.2, 0.25) is 5.15 Å². The molecule has 0 saturated carbocycles. The zero-order valence-corrected chi connectivity index (χ0v) is 8.43. The highest BCUT2D eigenvalue weighted by Gasteiger charge is 2.05. The van der Waals surface area contributed by atoms with E-state index >= 15 is 0 Å². The minimum atomic E-state index is -0.309. The quantitative estimate of drug-likeness (QED) is 0.326.